The summed E-state index contributed by atoms with van der Waals surface area (Å²) < 4.78 is 4.73. The van der Waals surface area contributed by atoms with Crippen LogP contribution in [0.1, 0.15) is 16.1 Å². The minimum atomic E-state index is -1.04. The summed E-state index contributed by atoms with van der Waals surface area (Å²) in [7, 11) is 0. The minimum absolute atomic E-state index is 0.00454. The van der Waals surface area contributed by atoms with E-state index in [1.54, 1.807) is 12.1 Å². The van der Waals surface area contributed by atoms with Crippen molar-refractivity contribution in [3.8, 4) is 0 Å². The van der Waals surface area contributed by atoms with Crippen molar-refractivity contribution < 1.29 is 14.3 Å². The molecule has 1 rings (SSSR count). The van der Waals surface area contributed by atoms with Gasteiger partial charge in [0, 0.05) is 5.56 Å². The van der Waals surface area contributed by atoms with Crippen LogP contribution < -0.4 is 0 Å². The second kappa shape index (κ2) is 3.05. The van der Waals surface area contributed by atoms with Crippen LogP contribution >= 0.6 is 0 Å². The van der Waals surface area contributed by atoms with Crippen LogP contribution in [0.2, 0.25) is 0 Å². The van der Waals surface area contributed by atoms with Crippen LogP contribution in [0.4, 0.5) is 0 Å². The number of allylic oxidation sites excluding steroid dienone is 1. The summed E-state index contributed by atoms with van der Waals surface area (Å²) >= 11 is 0. The molecule has 0 spiro atoms. The highest BCUT2D eigenvalue weighted by molar-refractivity contribution is 5.86. The lowest BCUT2D eigenvalue weighted by Crippen LogP contribution is -1.97. The number of aromatic carboxylic acids is 1. The molecule has 3 heteroatoms. The summed E-state index contributed by atoms with van der Waals surface area (Å²) in [5.41, 5.74) is 0.660. The molecule has 0 radical (unpaired) electrons. The lowest BCUT2D eigenvalue weighted by molar-refractivity contribution is 0.0661. The second-order valence-corrected chi connectivity index (χ2v) is 2.07. The van der Waals surface area contributed by atoms with Gasteiger partial charge in [-0.1, -0.05) is 6.08 Å². The van der Waals surface area contributed by atoms with E-state index in [1.807, 2.05) is 0 Å². The van der Waals surface area contributed by atoms with Crippen molar-refractivity contribution in [2.45, 2.75) is 6.42 Å². The largest absolute Gasteiger partial charge is 0.475 e. The summed E-state index contributed by atoms with van der Waals surface area (Å²) in [4.78, 5) is 10.4. The molecule has 1 N–H and O–H groups in total. The molecule has 0 amide bonds. The van der Waals surface area contributed by atoms with Gasteiger partial charge in [0.25, 0.3) is 0 Å². The van der Waals surface area contributed by atoms with Crippen LogP contribution in [-0.4, -0.2) is 11.1 Å². The highest BCUT2D eigenvalue weighted by Crippen LogP contribution is 2.10. The first-order valence-corrected chi connectivity index (χ1v) is 3.16. The van der Waals surface area contributed by atoms with Gasteiger partial charge in [0.2, 0.25) is 5.76 Å². The van der Waals surface area contributed by atoms with E-state index in [-0.39, 0.29) is 5.76 Å². The van der Waals surface area contributed by atoms with Crippen LogP contribution in [0.25, 0.3) is 0 Å². The number of furan rings is 1. The summed E-state index contributed by atoms with van der Waals surface area (Å²) in [5, 5.41) is 8.55. The minimum Gasteiger partial charge on any atom is -0.475 e. The maximum Gasteiger partial charge on any atom is 0.372 e. The molecule has 11 heavy (non-hydrogen) atoms. The van der Waals surface area contributed by atoms with E-state index in [9.17, 15) is 4.79 Å². The molecular formula is C8H8O3. The Morgan fingerprint density at radius 3 is 3.09 bits per heavy atom. The SMILES string of the molecule is C=CCc1ccoc1C(=O)O. The number of hydrogen-bond donors (Lipinski definition) is 1. The predicted octanol–water partition coefficient (Wildman–Crippen LogP) is 1.71. The number of carboxylic acids is 1. The van der Waals surface area contributed by atoms with E-state index in [0.29, 0.717) is 12.0 Å². The molecule has 0 aliphatic rings. The number of rotatable bonds is 3. The standard InChI is InChI=1S/C8H8O3/c1-2-3-6-4-5-11-7(6)8(9)10/h2,4-5H,1,3H2,(H,9,10). The van der Waals surface area contributed by atoms with Gasteiger partial charge in [0.05, 0.1) is 6.26 Å². The first-order valence-electron chi connectivity index (χ1n) is 3.16. The fraction of sp³-hybridized carbons (Fsp3) is 0.125. The Morgan fingerprint density at radius 2 is 2.55 bits per heavy atom. The molecule has 3 nitrogen and oxygen atoms in total. The van der Waals surface area contributed by atoms with Crippen LogP contribution in [0.5, 0.6) is 0 Å². The van der Waals surface area contributed by atoms with Gasteiger partial charge in [0.1, 0.15) is 0 Å². The Bertz CT molecular complexity index is 273. The zero-order valence-corrected chi connectivity index (χ0v) is 5.91. The quantitative estimate of drug-likeness (QED) is 0.670. The van der Waals surface area contributed by atoms with Crippen molar-refractivity contribution in [1.29, 1.82) is 0 Å². The molecule has 58 valence electrons. The van der Waals surface area contributed by atoms with E-state index >= 15 is 0 Å². The van der Waals surface area contributed by atoms with Crippen LogP contribution in [0.15, 0.2) is 29.4 Å². The maximum atomic E-state index is 10.4. The fourth-order valence-electron chi connectivity index (χ4n) is 0.840. The first kappa shape index (κ1) is 7.60. The van der Waals surface area contributed by atoms with Crippen molar-refractivity contribution in [3.05, 3.63) is 36.3 Å². The highest BCUT2D eigenvalue weighted by atomic mass is 16.4. The molecule has 0 aromatic carbocycles. The number of hydrogen-bond acceptors (Lipinski definition) is 2. The molecule has 0 atom stereocenters. The van der Waals surface area contributed by atoms with Crippen LogP contribution in [-0.2, 0) is 6.42 Å². The van der Waals surface area contributed by atoms with E-state index in [0.717, 1.165) is 0 Å². The Balaban J connectivity index is 2.95. The van der Waals surface area contributed by atoms with E-state index in [1.165, 1.54) is 6.26 Å². The van der Waals surface area contributed by atoms with Gasteiger partial charge >= 0.3 is 5.97 Å². The van der Waals surface area contributed by atoms with Gasteiger partial charge in [-0.2, -0.15) is 0 Å². The lowest BCUT2D eigenvalue weighted by atomic mass is 10.2. The third-order valence-electron chi connectivity index (χ3n) is 1.31. The molecule has 0 bridgehead atoms. The zero-order chi connectivity index (χ0) is 8.27. The second-order valence-electron chi connectivity index (χ2n) is 2.07. The fourth-order valence-corrected chi connectivity index (χ4v) is 0.840. The molecule has 0 fully saturated rings. The molecule has 0 saturated carbocycles. The van der Waals surface area contributed by atoms with E-state index in [4.69, 9.17) is 9.52 Å². The van der Waals surface area contributed by atoms with Gasteiger partial charge in [-0.15, -0.1) is 6.58 Å². The Labute approximate surface area is 64.0 Å². The van der Waals surface area contributed by atoms with E-state index < -0.39 is 5.97 Å². The third kappa shape index (κ3) is 1.49. The summed E-state index contributed by atoms with van der Waals surface area (Å²) in [6.07, 6.45) is 3.53. The average molecular weight is 152 g/mol. The van der Waals surface area contributed by atoms with Crippen molar-refractivity contribution in [2.24, 2.45) is 0 Å². The Morgan fingerprint density at radius 1 is 1.82 bits per heavy atom. The van der Waals surface area contributed by atoms with Crippen molar-refractivity contribution in [3.63, 3.8) is 0 Å². The van der Waals surface area contributed by atoms with E-state index in [2.05, 4.69) is 6.58 Å². The van der Waals surface area contributed by atoms with Crippen molar-refractivity contribution >= 4 is 5.97 Å². The van der Waals surface area contributed by atoms with Gasteiger partial charge in [0.15, 0.2) is 0 Å². The molecule has 0 saturated heterocycles. The van der Waals surface area contributed by atoms with Gasteiger partial charge in [-0.25, -0.2) is 4.79 Å². The Kier molecular flexibility index (Phi) is 2.11. The summed E-state index contributed by atoms with van der Waals surface area (Å²) in [6, 6.07) is 1.63. The summed E-state index contributed by atoms with van der Waals surface area (Å²) in [6.45, 7) is 3.50. The highest BCUT2D eigenvalue weighted by Gasteiger charge is 2.11. The molecule has 1 aromatic rings. The smallest absolute Gasteiger partial charge is 0.372 e. The predicted molar refractivity (Wildman–Crippen MR) is 39.6 cm³/mol. The Hall–Kier alpha value is -1.51. The molecule has 1 aromatic heterocycles. The number of carboxylic acid groups (broad SMARTS) is 1. The lowest BCUT2D eigenvalue weighted by Gasteiger charge is -1.91. The molecule has 0 aliphatic carbocycles. The van der Waals surface area contributed by atoms with Gasteiger partial charge < -0.3 is 9.52 Å². The van der Waals surface area contributed by atoms with Gasteiger partial charge in [-0.3, -0.25) is 0 Å². The zero-order valence-electron chi connectivity index (χ0n) is 5.91. The third-order valence-corrected chi connectivity index (χ3v) is 1.31. The van der Waals surface area contributed by atoms with Crippen molar-refractivity contribution in [2.75, 3.05) is 0 Å². The topological polar surface area (TPSA) is 50.4 Å². The van der Waals surface area contributed by atoms with Gasteiger partial charge in [-0.05, 0) is 12.5 Å². The molecule has 0 aliphatic heterocycles. The van der Waals surface area contributed by atoms with Crippen molar-refractivity contribution in [1.82, 2.24) is 0 Å². The molecule has 0 unspecified atom stereocenters. The maximum absolute atomic E-state index is 10.4. The monoisotopic (exact) mass is 152 g/mol. The average Bonchev–Trinajstić information content (AvgIpc) is 2.36. The molecule has 1 heterocycles. The van der Waals surface area contributed by atoms with Crippen LogP contribution in [0.3, 0.4) is 0 Å². The normalized spacial score (nSPS) is 9.45. The summed E-state index contributed by atoms with van der Waals surface area (Å²) in [5.74, 6) is -1.03. The number of carbonyl (C=O) groups is 1. The van der Waals surface area contributed by atoms with Crippen LogP contribution in [0, 0.1) is 0 Å². The molecular weight excluding hydrogens is 144 g/mol. The first-order chi connectivity index (χ1) is 5.25.